The second-order valence-electron chi connectivity index (χ2n) is 6.60. The standard InChI is InChI=1S/C15H23F2NO3S2/c1-11(2)13(18-22(19)14(3,4)5)15(16,17)23(20,21)12-9-7-6-8-10-12/h6-11,13,18H,1-5H3/t13-,22+/m0/s1. The number of rotatable bonds is 6. The van der Waals surface area contributed by atoms with E-state index in [0.717, 1.165) is 12.1 Å². The first-order valence-corrected chi connectivity index (χ1v) is 9.80. The molecule has 0 radical (unpaired) electrons. The molecule has 1 N–H and O–H groups in total. The van der Waals surface area contributed by atoms with E-state index in [9.17, 15) is 21.4 Å². The summed E-state index contributed by atoms with van der Waals surface area (Å²) in [5.41, 5.74) is 0. The Hall–Kier alpha value is -0.860. The summed E-state index contributed by atoms with van der Waals surface area (Å²) in [7, 11) is -6.72. The molecule has 1 aromatic rings. The van der Waals surface area contributed by atoms with Crippen LogP contribution in [0.4, 0.5) is 8.78 Å². The first-order chi connectivity index (χ1) is 10.3. The van der Waals surface area contributed by atoms with E-state index in [1.54, 1.807) is 26.8 Å². The third-order valence-corrected chi connectivity index (χ3v) is 6.67. The lowest BCUT2D eigenvalue weighted by Crippen LogP contribution is -2.55. The molecule has 132 valence electrons. The second-order valence-corrected chi connectivity index (χ2v) is 10.6. The first-order valence-electron chi connectivity index (χ1n) is 7.17. The van der Waals surface area contributed by atoms with Crippen LogP contribution in [-0.2, 0) is 20.8 Å². The Labute approximate surface area is 139 Å². The lowest BCUT2D eigenvalue weighted by molar-refractivity contribution is 0.0388. The summed E-state index contributed by atoms with van der Waals surface area (Å²) < 4.78 is 67.9. The van der Waals surface area contributed by atoms with Gasteiger partial charge in [-0.3, -0.25) is 0 Å². The van der Waals surface area contributed by atoms with Gasteiger partial charge >= 0.3 is 5.25 Å². The van der Waals surface area contributed by atoms with E-state index in [1.165, 1.54) is 26.0 Å². The van der Waals surface area contributed by atoms with Crippen LogP contribution in [0.25, 0.3) is 0 Å². The highest BCUT2D eigenvalue weighted by Gasteiger charge is 2.54. The van der Waals surface area contributed by atoms with Crippen molar-refractivity contribution in [2.24, 2.45) is 5.92 Å². The largest absolute Gasteiger partial charge is 0.366 e. The maximum absolute atomic E-state index is 14.8. The molecule has 0 heterocycles. The van der Waals surface area contributed by atoms with Gasteiger partial charge < -0.3 is 0 Å². The molecule has 1 rings (SSSR count). The fourth-order valence-electron chi connectivity index (χ4n) is 1.81. The molecular weight excluding hydrogens is 344 g/mol. The van der Waals surface area contributed by atoms with Crippen LogP contribution in [0.15, 0.2) is 35.2 Å². The molecule has 0 unspecified atom stereocenters. The van der Waals surface area contributed by atoms with Gasteiger partial charge in [0.25, 0.3) is 0 Å². The average molecular weight is 367 g/mol. The summed E-state index contributed by atoms with van der Waals surface area (Å²) in [4.78, 5) is -0.459. The van der Waals surface area contributed by atoms with Crippen molar-refractivity contribution >= 4 is 20.8 Å². The van der Waals surface area contributed by atoms with Gasteiger partial charge in [-0.05, 0) is 38.8 Å². The van der Waals surface area contributed by atoms with Crippen molar-refractivity contribution in [2.45, 2.75) is 55.6 Å². The SMILES string of the molecule is CC(C)[C@H](N[S@](=O)C(C)(C)C)C(F)(F)S(=O)(=O)c1ccccc1. The molecular formula is C15H23F2NO3S2. The third-order valence-electron chi connectivity index (χ3n) is 3.23. The van der Waals surface area contributed by atoms with Crippen LogP contribution in [0.1, 0.15) is 34.6 Å². The zero-order chi connectivity index (χ0) is 18.1. The molecule has 0 aliphatic heterocycles. The quantitative estimate of drug-likeness (QED) is 0.840. The average Bonchev–Trinajstić information content (AvgIpc) is 2.43. The number of hydrogen-bond donors (Lipinski definition) is 1. The highest BCUT2D eigenvalue weighted by Crippen LogP contribution is 2.35. The fourth-order valence-corrected chi connectivity index (χ4v) is 4.38. The second kappa shape index (κ2) is 6.94. The zero-order valence-electron chi connectivity index (χ0n) is 13.8. The van der Waals surface area contributed by atoms with E-state index in [-0.39, 0.29) is 0 Å². The molecule has 2 atom stereocenters. The van der Waals surface area contributed by atoms with Crippen molar-refractivity contribution < 1.29 is 21.4 Å². The van der Waals surface area contributed by atoms with Gasteiger partial charge in [0.2, 0.25) is 9.84 Å². The first kappa shape index (κ1) is 20.2. The monoisotopic (exact) mass is 367 g/mol. The maximum Gasteiger partial charge on any atom is 0.366 e. The topological polar surface area (TPSA) is 63.2 Å². The lowest BCUT2D eigenvalue weighted by atomic mass is 10.1. The third kappa shape index (κ3) is 4.36. The molecule has 0 aliphatic carbocycles. The smallest absolute Gasteiger partial charge is 0.242 e. The minimum atomic E-state index is -4.90. The van der Waals surface area contributed by atoms with E-state index < -0.39 is 47.7 Å². The molecule has 0 saturated heterocycles. The van der Waals surface area contributed by atoms with Gasteiger partial charge in [-0.1, -0.05) is 32.0 Å². The molecule has 8 heteroatoms. The molecule has 0 bridgehead atoms. The summed E-state index contributed by atoms with van der Waals surface area (Å²) in [6.07, 6.45) is 0. The van der Waals surface area contributed by atoms with Crippen LogP contribution in [0.5, 0.6) is 0 Å². The number of nitrogens with one attached hydrogen (secondary N) is 1. The Kier molecular flexibility index (Phi) is 6.09. The molecule has 0 aromatic heterocycles. The predicted molar refractivity (Wildman–Crippen MR) is 88.2 cm³/mol. The highest BCUT2D eigenvalue weighted by molar-refractivity contribution is 7.92. The highest BCUT2D eigenvalue weighted by atomic mass is 32.2. The normalized spacial score (nSPS) is 16.3. The summed E-state index contributed by atoms with van der Waals surface area (Å²) in [6.45, 7) is 7.80. The van der Waals surface area contributed by atoms with Crippen molar-refractivity contribution in [3.8, 4) is 0 Å². The minimum Gasteiger partial charge on any atom is -0.242 e. The van der Waals surface area contributed by atoms with Crippen LogP contribution in [0.2, 0.25) is 0 Å². The number of hydrogen-bond acceptors (Lipinski definition) is 3. The maximum atomic E-state index is 14.8. The Balaban J connectivity index is 3.27. The molecule has 4 nitrogen and oxygen atoms in total. The van der Waals surface area contributed by atoms with E-state index in [0.29, 0.717) is 0 Å². The number of sulfone groups is 1. The van der Waals surface area contributed by atoms with Crippen molar-refractivity contribution in [2.75, 3.05) is 0 Å². The number of benzene rings is 1. The van der Waals surface area contributed by atoms with Gasteiger partial charge in [0, 0.05) is 0 Å². The van der Waals surface area contributed by atoms with Gasteiger partial charge in [0.1, 0.15) is 6.04 Å². The van der Waals surface area contributed by atoms with Gasteiger partial charge in [-0.15, -0.1) is 0 Å². The van der Waals surface area contributed by atoms with E-state index in [2.05, 4.69) is 4.72 Å². The molecule has 0 spiro atoms. The molecule has 23 heavy (non-hydrogen) atoms. The Morgan fingerprint density at radius 3 is 1.96 bits per heavy atom. The van der Waals surface area contributed by atoms with Crippen molar-refractivity contribution in [1.29, 1.82) is 0 Å². The van der Waals surface area contributed by atoms with E-state index in [4.69, 9.17) is 0 Å². The molecule has 0 aliphatic rings. The van der Waals surface area contributed by atoms with Gasteiger partial charge in [0.05, 0.1) is 20.6 Å². The van der Waals surface area contributed by atoms with Crippen LogP contribution < -0.4 is 4.72 Å². The summed E-state index contributed by atoms with van der Waals surface area (Å²) in [5, 5.41) is -4.09. The van der Waals surface area contributed by atoms with E-state index >= 15 is 0 Å². The van der Waals surface area contributed by atoms with Crippen molar-refractivity contribution in [3.05, 3.63) is 30.3 Å². The zero-order valence-corrected chi connectivity index (χ0v) is 15.5. The van der Waals surface area contributed by atoms with Gasteiger partial charge in [0.15, 0.2) is 0 Å². The molecule has 0 saturated carbocycles. The summed E-state index contributed by atoms with van der Waals surface area (Å²) in [6, 6.07) is 4.79. The molecule has 0 fully saturated rings. The van der Waals surface area contributed by atoms with E-state index in [1.807, 2.05) is 0 Å². The van der Waals surface area contributed by atoms with Crippen LogP contribution in [-0.4, -0.2) is 28.7 Å². The Morgan fingerprint density at radius 1 is 1.09 bits per heavy atom. The van der Waals surface area contributed by atoms with Gasteiger partial charge in [-0.25, -0.2) is 17.3 Å². The van der Waals surface area contributed by atoms with Crippen LogP contribution in [0.3, 0.4) is 0 Å². The van der Waals surface area contributed by atoms with Crippen molar-refractivity contribution in [3.63, 3.8) is 0 Å². The number of halogens is 2. The Morgan fingerprint density at radius 2 is 1.57 bits per heavy atom. The lowest BCUT2D eigenvalue weighted by Gasteiger charge is -2.32. The van der Waals surface area contributed by atoms with Crippen molar-refractivity contribution in [1.82, 2.24) is 4.72 Å². The minimum absolute atomic E-state index is 0.459. The molecule has 0 amide bonds. The van der Waals surface area contributed by atoms with Crippen LogP contribution in [0, 0.1) is 5.92 Å². The van der Waals surface area contributed by atoms with Gasteiger partial charge in [-0.2, -0.15) is 8.78 Å². The van der Waals surface area contributed by atoms with Crippen LogP contribution >= 0.6 is 0 Å². The summed E-state index contributed by atoms with van der Waals surface area (Å²) in [5.74, 6) is -0.741. The fraction of sp³-hybridized carbons (Fsp3) is 0.600. The molecule has 1 aromatic carbocycles. The predicted octanol–water partition coefficient (Wildman–Crippen LogP) is 3.13. The Bertz CT molecular complexity index is 653. The summed E-state index contributed by atoms with van der Waals surface area (Å²) >= 11 is 0. The number of alkyl halides is 2.